The summed E-state index contributed by atoms with van der Waals surface area (Å²) in [5.74, 6) is 0. The molecule has 0 radical (unpaired) electrons. The molecule has 1 rings (SSSR count). The predicted octanol–water partition coefficient (Wildman–Crippen LogP) is -0.0553. The third-order valence-corrected chi connectivity index (χ3v) is 1.22. The van der Waals surface area contributed by atoms with Gasteiger partial charge < -0.3 is 0 Å². The molecule has 1 aromatic rings. The van der Waals surface area contributed by atoms with Gasteiger partial charge in [-0.3, -0.25) is 4.79 Å². The van der Waals surface area contributed by atoms with Gasteiger partial charge in [0.05, 0.1) is 11.8 Å². The highest BCUT2D eigenvalue weighted by atomic mass is 19.2. The van der Waals surface area contributed by atoms with Crippen molar-refractivity contribution in [1.29, 1.82) is 0 Å². The molecule has 0 unspecified atom stereocenters. The normalized spacial score (nSPS) is 10.2. The molecular formula is C5H3F3N2O2. The van der Waals surface area contributed by atoms with Crippen LogP contribution in [0.25, 0.3) is 0 Å². The van der Waals surface area contributed by atoms with E-state index in [1.54, 1.807) is 0 Å². The van der Waals surface area contributed by atoms with Gasteiger partial charge in [-0.1, -0.05) is 13.8 Å². The minimum atomic E-state index is -1.78. The molecule has 0 saturated carbocycles. The average molecular weight is 180 g/mol. The highest BCUT2D eigenvalue weighted by molar-refractivity contribution is 5.02. The van der Waals surface area contributed by atoms with Gasteiger partial charge in [0, 0.05) is 0 Å². The van der Waals surface area contributed by atoms with Gasteiger partial charge in [-0.2, -0.15) is 0 Å². The van der Waals surface area contributed by atoms with Gasteiger partial charge in [-0.25, -0.2) is 9.18 Å². The van der Waals surface area contributed by atoms with Crippen molar-refractivity contribution in [3.05, 3.63) is 32.6 Å². The van der Waals surface area contributed by atoms with Crippen molar-refractivity contribution in [3.8, 4) is 0 Å². The first-order chi connectivity index (χ1) is 5.57. The van der Waals surface area contributed by atoms with Crippen LogP contribution in [-0.2, 0) is 6.67 Å². The summed E-state index contributed by atoms with van der Waals surface area (Å²) in [5.41, 5.74) is -4.01. The zero-order valence-corrected chi connectivity index (χ0v) is 5.63. The minimum Gasteiger partial charge on any atom is -0.266 e. The quantitative estimate of drug-likeness (QED) is 0.607. The van der Waals surface area contributed by atoms with E-state index in [1.165, 1.54) is 0 Å². The van der Waals surface area contributed by atoms with E-state index in [-0.39, 0.29) is 0 Å². The molecule has 66 valence electrons. The Morgan fingerprint density at radius 3 is 2.42 bits per heavy atom. The molecule has 1 aromatic heterocycles. The highest BCUT2D eigenvalue weighted by Crippen LogP contribution is 1.91. The Bertz CT molecular complexity index is 408. The molecule has 0 aliphatic heterocycles. The summed E-state index contributed by atoms with van der Waals surface area (Å²) in [6, 6.07) is 0. The standard InChI is InChI=1S/C5H3F3N2O2/c6-1-3-2-9(7)5(12)10(8)4(3)11/h2H,1H2. The SMILES string of the molecule is O=c1c(CF)cn(F)c(=O)n1F. The number of nitrogens with zero attached hydrogens (tertiary/aromatic N) is 2. The largest absolute Gasteiger partial charge is 0.388 e. The van der Waals surface area contributed by atoms with E-state index in [9.17, 15) is 22.9 Å². The first kappa shape index (κ1) is 8.57. The van der Waals surface area contributed by atoms with Crippen molar-refractivity contribution in [2.24, 2.45) is 0 Å². The molecule has 4 nitrogen and oxygen atoms in total. The van der Waals surface area contributed by atoms with Crippen LogP contribution in [0.5, 0.6) is 0 Å². The van der Waals surface area contributed by atoms with Crippen LogP contribution in [0.3, 0.4) is 0 Å². The zero-order valence-electron chi connectivity index (χ0n) is 5.63. The third kappa shape index (κ3) is 1.13. The molecule has 0 spiro atoms. The summed E-state index contributed by atoms with van der Waals surface area (Å²) in [5, 5.41) is 0. The first-order valence-corrected chi connectivity index (χ1v) is 2.83. The number of alkyl halides is 1. The van der Waals surface area contributed by atoms with E-state index in [4.69, 9.17) is 0 Å². The Kier molecular flexibility index (Phi) is 2.03. The fourth-order valence-electron chi connectivity index (χ4n) is 0.636. The molecule has 0 bridgehead atoms. The lowest BCUT2D eigenvalue weighted by atomic mass is 10.4. The van der Waals surface area contributed by atoms with Gasteiger partial charge in [0.15, 0.2) is 0 Å². The lowest BCUT2D eigenvalue weighted by molar-refractivity contribution is 0.253. The predicted molar refractivity (Wildman–Crippen MR) is 32.8 cm³/mol. The number of aromatic nitrogens is 2. The van der Waals surface area contributed by atoms with E-state index in [0.29, 0.717) is 6.20 Å². The Balaban J connectivity index is 3.61. The van der Waals surface area contributed by atoms with Gasteiger partial charge in [0.25, 0.3) is 5.56 Å². The second-order valence-corrected chi connectivity index (χ2v) is 1.97. The van der Waals surface area contributed by atoms with Crippen LogP contribution in [0, 0.1) is 0 Å². The third-order valence-electron chi connectivity index (χ3n) is 1.22. The summed E-state index contributed by atoms with van der Waals surface area (Å²) in [6.45, 7) is -1.33. The first-order valence-electron chi connectivity index (χ1n) is 2.83. The number of hydrogen-bond donors (Lipinski definition) is 0. The van der Waals surface area contributed by atoms with Crippen LogP contribution in [0.1, 0.15) is 5.56 Å². The molecule has 0 atom stereocenters. The summed E-state index contributed by atoms with van der Waals surface area (Å²) in [4.78, 5) is 19.2. The second-order valence-electron chi connectivity index (χ2n) is 1.97. The van der Waals surface area contributed by atoms with E-state index >= 15 is 0 Å². The van der Waals surface area contributed by atoms with Crippen molar-refractivity contribution in [2.45, 2.75) is 6.67 Å². The Labute approximate surface area is 63.3 Å². The zero-order chi connectivity index (χ0) is 9.30. The summed E-state index contributed by atoms with van der Waals surface area (Å²) in [6.07, 6.45) is 0.306. The van der Waals surface area contributed by atoms with Gasteiger partial charge >= 0.3 is 5.69 Å². The molecule has 7 heteroatoms. The topological polar surface area (TPSA) is 44.0 Å². The van der Waals surface area contributed by atoms with Gasteiger partial charge in [-0.15, -0.1) is 4.79 Å². The molecule has 0 aliphatic rings. The van der Waals surface area contributed by atoms with Gasteiger partial charge in [0.2, 0.25) is 0 Å². The van der Waals surface area contributed by atoms with Crippen LogP contribution >= 0.6 is 0 Å². The smallest absolute Gasteiger partial charge is 0.266 e. The monoisotopic (exact) mass is 180 g/mol. The molecule has 12 heavy (non-hydrogen) atoms. The summed E-state index contributed by atoms with van der Waals surface area (Å²) < 4.78 is 36.4. The Morgan fingerprint density at radius 1 is 1.33 bits per heavy atom. The lowest BCUT2D eigenvalue weighted by Gasteiger charge is -1.96. The Hall–Kier alpha value is -1.53. The van der Waals surface area contributed by atoms with Crippen molar-refractivity contribution >= 4 is 0 Å². The molecule has 0 N–H and O–H groups in total. The highest BCUT2D eigenvalue weighted by Gasteiger charge is 2.09. The number of halogens is 3. The van der Waals surface area contributed by atoms with Crippen LogP contribution in [0.2, 0.25) is 0 Å². The lowest BCUT2D eigenvalue weighted by Crippen LogP contribution is -2.35. The fourth-order valence-corrected chi connectivity index (χ4v) is 0.636. The van der Waals surface area contributed by atoms with Crippen molar-refractivity contribution in [1.82, 2.24) is 9.58 Å². The van der Waals surface area contributed by atoms with Crippen molar-refractivity contribution < 1.29 is 13.4 Å². The van der Waals surface area contributed by atoms with Crippen LogP contribution < -0.4 is 11.2 Å². The van der Waals surface area contributed by atoms with Crippen molar-refractivity contribution in [2.75, 3.05) is 0 Å². The van der Waals surface area contributed by atoms with E-state index in [0.717, 1.165) is 0 Å². The summed E-state index contributed by atoms with van der Waals surface area (Å²) in [7, 11) is 0. The minimum absolute atomic E-state index is 0.306. The second kappa shape index (κ2) is 2.84. The average Bonchev–Trinajstić information content (AvgIpc) is 2.08. The fraction of sp³-hybridized carbons (Fsp3) is 0.200. The Morgan fingerprint density at radius 2 is 1.92 bits per heavy atom. The van der Waals surface area contributed by atoms with Crippen molar-refractivity contribution in [3.63, 3.8) is 0 Å². The number of rotatable bonds is 1. The molecule has 0 amide bonds. The maximum absolute atomic E-state index is 12.3. The van der Waals surface area contributed by atoms with Gasteiger partial charge in [0.1, 0.15) is 6.67 Å². The van der Waals surface area contributed by atoms with E-state index in [1.807, 2.05) is 0 Å². The maximum atomic E-state index is 12.3. The van der Waals surface area contributed by atoms with Crippen LogP contribution in [0.15, 0.2) is 15.8 Å². The van der Waals surface area contributed by atoms with Crippen LogP contribution in [-0.4, -0.2) is 9.58 Å². The molecular weight excluding hydrogens is 177 g/mol. The van der Waals surface area contributed by atoms with Gasteiger partial charge in [-0.05, 0) is 0 Å². The van der Waals surface area contributed by atoms with E-state index < -0.39 is 33.1 Å². The molecule has 0 aromatic carbocycles. The summed E-state index contributed by atoms with van der Waals surface area (Å²) >= 11 is 0. The molecule has 0 aliphatic carbocycles. The molecule has 0 fully saturated rings. The van der Waals surface area contributed by atoms with Crippen LogP contribution in [0.4, 0.5) is 13.4 Å². The molecule has 0 saturated heterocycles. The van der Waals surface area contributed by atoms with E-state index in [2.05, 4.69) is 0 Å². The number of hydrogen-bond acceptors (Lipinski definition) is 2. The molecule has 1 heterocycles. The maximum Gasteiger partial charge on any atom is 0.388 e.